The van der Waals surface area contributed by atoms with Crippen molar-refractivity contribution in [2.45, 2.75) is 25.1 Å². The molecule has 0 rings (SSSR count). The Morgan fingerprint density at radius 3 is 1.64 bits per heavy atom. The van der Waals surface area contributed by atoms with Crippen LogP contribution < -0.4 is 0 Å². The molecule has 0 saturated heterocycles. The maximum atomic E-state index is 12.0. The summed E-state index contributed by atoms with van der Waals surface area (Å²) in [6, 6.07) is 0. The molecule has 0 saturated carbocycles. The lowest BCUT2D eigenvalue weighted by molar-refractivity contribution is -0.310. The maximum Gasteiger partial charge on any atom is 0.456 e. The zero-order valence-corrected chi connectivity index (χ0v) is 5.58. The molecule has 0 aromatic heterocycles. The zero-order chi connectivity index (χ0) is 9.28. The summed E-state index contributed by atoms with van der Waals surface area (Å²) >= 11 is 0. The molecule has 0 spiro atoms. The van der Waals surface area contributed by atoms with Gasteiger partial charge in [-0.25, -0.2) is 0 Å². The van der Waals surface area contributed by atoms with Crippen LogP contribution in [0, 0.1) is 7.11 Å². The van der Waals surface area contributed by atoms with Gasteiger partial charge in [-0.05, 0) is 6.92 Å². The lowest BCUT2D eigenvalue weighted by Gasteiger charge is -2.24. The van der Waals surface area contributed by atoms with Gasteiger partial charge in [0.05, 0.1) is 7.11 Å². The summed E-state index contributed by atoms with van der Waals surface area (Å²) in [4.78, 5) is 0. The van der Waals surface area contributed by atoms with Crippen molar-refractivity contribution in [1.82, 2.24) is 0 Å². The summed E-state index contributed by atoms with van der Waals surface area (Å²) < 4.78 is 61.9. The molecule has 0 bridgehead atoms. The second-order valence-corrected chi connectivity index (χ2v) is 1.93. The molecule has 1 nitrogen and oxygen atoms in total. The molecule has 0 aliphatic heterocycles. The van der Waals surface area contributed by atoms with Crippen LogP contribution in [0.25, 0.3) is 0 Å². The molecular formula is C5H6F5O. The van der Waals surface area contributed by atoms with Gasteiger partial charge in [0, 0.05) is 0 Å². The largest absolute Gasteiger partial charge is 0.456 e. The molecule has 0 aliphatic carbocycles. The van der Waals surface area contributed by atoms with Crippen LogP contribution in [0.3, 0.4) is 0 Å². The van der Waals surface area contributed by atoms with E-state index < -0.39 is 18.2 Å². The van der Waals surface area contributed by atoms with Crippen LogP contribution >= 0.6 is 0 Å². The van der Waals surface area contributed by atoms with Gasteiger partial charge in [-0.1, -0.05) is 0 Å². The molecule has 0 fully saturated rings. The van der Waals surface area contributed by atoms with Crippen LogP contribution in [0.1, 0.15) is 6.92 Å². The number of alkyl halides is 5. The van der Waals surface area contributed by atoms with E-state index >= 15 is 0 Å². The lowest BCUT2D eigenvalue weighted by atomic mass is 10.2. The Bertz CT molecular complexity index is 129. The standard InChI is InChI=1S/C5H6F5O/c1-3(11-2)4(6,7)5(8,9)10/h3H,2H2,1H3. The molecule has 67 valence electrons. The smallest absolute Gasteiger partial charge is 0.369 e. The number of rotatable bonds is 2. The van der Waals surface area contributed by atoms with Crippen molar-refractivity contribution in [1.29, 1.82) is 0 Å². The van der Waals surface area contributed by atoms with Gasteiger partial charge in [0.15, 0.2) is 0 Å². The Labute approximate surface area is 60.1 Å². The quantitative estimate of drug-likeness (QED) is 0.588. The Morgan fingerprint density at radius 2 is 1.55 bits per heavy atom. The normalized spacial score (nSPS) is 16.6. The molecule has 11 heavy (non-hydrogen) atoms. The zero-order valence-electron chi connectivity index (χ0n) is 5.58. The third kappa shape index (κ3) is 2.02. The van der Waals surface area contributed by atoms with Crippen LogP contribution in [0.15, 0.2) is 0 Å². The second-order valence-electron chi connectivity index (χ2n) is 1.93. The van der Waals surface area contributed by atoms with Crippen molar-refractivity contribution in [2.75, 3.05) is 0 Å². The molecule has 0 aromatic rings. The van der Waals surface area contributed by atoms with E-state index in [4.69, 9.17) is 0 Å². The van der Waals surface area contributed by atoms with Gasteiger partial charge in [0.2, 0.25) is 0 Å². The Morgan fingerprint density at radius 1 is 1.18 bits per heavy atom. The third-order valence-electron chi connectivity index (χ3n) is 1.14. The first kappa shape index (κ1) is 10.6. The van der Waals surface area contributed by atoms with Crippen LogP contribution in [0.5, 0.6) is 0 Å². The first-order valence-corrected chi connectivity index (χ1v) is 2.59. The number of hydrogen-bond donors (Lipinski definition) is 0. The van der Waals surface area contributed by atoms with Crippen LogP contribution in [0.2, 0.25) is 0 Å². The van der Waals surface area contributed by atoms with Crippen molar-refractivity contribution in [3.63, 3.8) is 0 Å². The summed E-state index contributed by atoms with van der Waals surface area (Å²) in [6.07, 6.45) is -7.84. The predicted molar refractivity (Wildman–Crippen MR) is 26.9 cm³/mol. The first-order chi connectivity index (χ1) is 4.73. The minimum Gasteiger partial charge on any atom is -0.369 e. The molecule has 0 aliphatic rings. The highest BCUT2D eigenvalue weighted by Gasteiger charge is 2.61. The van der Waals surface area contributed by atoms with Gasteiger partial charge >= 0.3 is 12.1 Å². The topological polar surface area (TPSA) is 9.23 Å². The fraction of sp³-hybridized carbons (Fsp3) is 0.800. The number of halogens is 5. The predicted octanol–water partition coefficient (Wildman–Crippen LogP) is 2.38. The second kappa shape index (κ2) is 2.92. The maximum absolute atomic E-state index is 12.0. The molecule has 0 N–H and O–H groups in total. The van der Waals surface area contributed by atoms with Crippen molar-refractivity contribution in [3.8, 4) is 0 Å². The highest BCUT2D eigenvalue weighted by molar-refractivity contribution is 4.82. The fourth-order valence-corrected chi connectivity index (χ4v) is 0.335. The van der Waals surface area contributed by atoms with Crippen molar-refractivity contribution >= 4 is 0 Å². The fourth-order valence-electron chi connectivity index (χ4n) is 0.335. The molecular weight excluding hydrogens is 171 g/mol. The third-order valence-corrected chi connectivity index (χ3v) is 1.14. The monoisotopic (exact) mass is 177 g/mol. The molecule has 1 atom stereocenters. The Kier molecular flexibility index (Phi) is 2.82. The highest BCUT2D eigenvalue weighted by atomic mass is 19.4. The molecule has 0 heterocycles. The van der Waals surface area contributed by atoms with Crippen molar-refractivity contribution in [2.24, 2.45) is 0 Å². The summed E-state index contributed by atoms with van der Waals surface area (Å²) in [7, 11) is 2.49. The first-order valence-electron chi connectivity index (χ1n) is 2.59. The van der Waals surface area contributed by atoms with E-state index in [0.29, 0.717) is 6.92 Å². The van der Waals surface area contributed by atoms with E-state index in [0.717, 1.165) is 0 Å². The van der Waals surface area contributed by atoms with Crippen LogP contribution in [-0.2, 0) is 4.74 Å². The molecule has 0 aromatic carbocycles. The minimum atomic E-state index is -5.58. The summed E-state index contributed by atoms with van der Waals surface area (Å²) in [5, 5.41) is 0. The Balaban J connectivity index is 4.45. The van der Waals surface area contributed by atoms with E-state index in [2.05, 4.69) is 11.8 Å². The van der Waals surface area contributed by atoms with E-state index in [-0.39, 0.29) is 0 Å². The average Bonchev–Trinajstić information content (AvgIpc) is 1.83. The van der Waals surface area contributed by atoms with Gasteiger partial charge in [0.25, 0.3) is 0 Å². The van der Waals surface area contributed by atoms with E-state index in [1.54, 1.807) is 0 Å². The van der Waals surface area contributed by atoms with Crippen LogP contribution in [0.4, 0.5) is 22.0 Å². The van der Waals surface area contributed by atoms with Gasteiger partial charge in [-0.15, -0.1) is 0 Å². The van der Waals surface area contributed by atoms with Gasteiger partial charge < -0.3 is 4.74 Å². The lowest BCUT2D eigenvalue weighted by Crippen LogP contribution is -2.46. The minimum absolute atomic E-state index is 0.598. The van der Waals surface area contributed by atoms with Crippen molar-refractivity contribution in [3.05, 3.63) is 7.11 Å². The number of ether oxygens (including phenoxy) is 1. The van der Waals surface area contributed by atoms with E-state index in [9.17, 15) is 22.0 Å². The van der Waals surface area contributed by atoms with Gasteiger partial charge in [-0.2, -0.15) is 22.0 Å². The summed E-state index contributed by atoms with van der Waals surface area (Å²) in [5.74, 6) is -4.84. The van der Waals surface area contributed by atoms with E-state index in [1.165, 1.54) is 0 Å². The van der Waals surface area contributed by atoms with Gasteiger partial charge in [0.1, 0.15) is 6.10 Å². The SMILES string of the molecule is [CH2]OC(C)C(F)(F)C(F)(F)F. The van der Waals surface area contributed by atoms with Crippen molar-refractivity contribution < 1.29 is 26.7 Å². The van der Waals surface area contributed by atoms with Crippen LogP contribution in [-0.4, -0.2) is 18.2 Å². The number of hydrogen-bond acceptors (Lipinski definition) is 1. The molecule has 1 unspecified atom stereocenters. The Hall–Kier alpha value is -0.390. The highest BCUT2D eigenvalue weighted by Crippen LogP contribution is 2.38. The molecule has 0 amide bonds. The van der Waals surface area contributed by atoms with E-state index in [1.807, 2.05) is 0 Å². The molecule has 6 heteroatoms. The summed E-state index contributed by atoms with van der Waals surface area (Å²) in [5.41, 5.74) is 0. The molecule has 1 radical (unpaired) electrons. The average molecular weight is 177 g/mol. The van der Waals surface area contributed by atoms with Gasteiger partial charge in [-0.3, -0.25) is 0 Å². The summed E-state index contributed by atoms with van der Waals surface area (Å²) in [6.45, 7) is 0.598.